The van der Waals surface area contributed by atoms with Crippen molar-refractivity contribution in [2.24, 2.45) is 0 Å². The lowest BCUT2D eigenvalue weighted by Crippen LogP contribution is -2.42. The third-order valence-electron chi connectivity index (χ3n) is 3.21. The first-order chi connectivity index (χ1) is 8.68. The monoisotopic (exact) mass is 270 g/mol. The minimum atomic E-state index is -1.06. The van der Waals surface area contributed by atoms with Crippen molar-refractivity contribution in [2.45, 2.75) is 53.6 Å². The second-order valence-corrected chi connectivity index (χ2v) is 5.24. The number of carbonyl (C=O) groups excluding carboxylic acids is 1. The minimum absolute atomic E-state index is 0.0853. The summed E-state index contributed by atoms with van der Waals surface area (Å²) < 4.78 is 0. The van der Waals surface area contributed by atoms with E-state index in [2.05, 4.69) is 37.9 Å². The van der Waals surface area contributed by atoms with Crippen LogP contribution >= 0.6 is 0 Å². The van der Waals surface area contributed by atoms with Crippen LogP contribution in [0.2, 0.25) is 0 Å². The standard InChI is InChI=1S/C14H26N2O3/c1-9(2)16(10(3)4)8-7-15-13(17)11(5)12(6)14(18)19/h9-10H,7-8H2,1-6H3,(H,15,17)(H,18,19). The van der Waals surface area contributed by atoms with Gasteiger partial charge in [-0.1, -0.05) is 0 Å². The van der Waals surface area contributed by atoms with Gasteiger partial charge in [0.05, 0.1) is 0 Å². The summed E-state index contributed by atoms with van der Waals surface area (Å²) in [6.45, 7) is 12.7. The first-order valence-electron chi connectivity index (χ1n) is 6.63. The lowest BCUT2D eigenvalue weighted by atomic mass is 10.1. The zero-order valence-electron chi connectivity index (χ0n) is 12.8. The van der Waals surface area contributed by atoms with Crippen molar-refractivity contribution >= 4 is 11.9 Å². The van der Waals surface area contributed by atoms with Crippen LogP contribution in [-0.4, -0.2) is 47.1 Å². The molecule has 0 unspecified atom stereocenters. The molecule has 0 saturated carbocycles. The number of carboxylic acid groups (broad SMARTS) is 1. The van der Waals surface area contributed by atoms with Crippen molar-refractivity contribution in [2.75, 3.05) is 13.1 Å². The van der Waals surface area contributed by atoms with E-state index in [0.29, 0.717) is 18.6 Å². The molecule has 0 aromatic carbocycles. The summed E-state index contributed by atoms with van der Waals surface area (Å²) in [5.41, 5.74) is 0.343. The summed E-state index contributed by atoms with van der Waals surface area (Å²) in [7, 11) is 0. The lowest BCUT2D eigenvalue weighted by Gasteiger charge is -2.30. The van der Waals surface area contributed by atoms with Gasteiger partial charge in [0.15, 0.2) is 0 Å². The molecule has 0 aromatic heterocycles. The SMILES string of the molecule is CC(C(=O)O)=C(C)C(=O)NCCN(C(C)C)C(C)C. The van der Waals surface area contributed by atoms with Crippen LogP contribution in [0.1, 0.15) is 41.5 Å². The molecular weight excluding hydrogens is 244 g/mol. The largest absolute Gasteiger partial charge is 0.478 e. The van der Waals surface area contributed by atoms with Gasteiger partial charge in [-0.3, -0.25) is 9.69 Å². The van der Waals surface area contributed by atoms with Gasteiger partial charge < -0.3 is 10.4 Å². The number of nitrogens with zero attached hydrogens (tertiary/aromatic N) is 1. The van der Waals surface area contributed by atoms with E-state index in [4.69, 9.17) is 5.11 Å². The normalized spacial score (nSPS) is 12.9. The Bertz CT molecular complexity index is 352. The molecule has 5 heteroatoms. The van der Waals surface area contributed by atoms with Crippen LogP contribution < -0.4 is 5.32 Å². The highest BCUT2D eigenvalue weighted by Gasteiger charge is 2.15. The van der Waals surface area contributed by atoms with Crippen molar-refractivity contribution in [3.8, 4) is 0 Å². The van der Waals surface area contributed by atoms with E-state index < -0.39 is 5.97 Å². The van der Waals surface area contributed by atoms with Gasteiger partial charge in [0, 0.05) is 36.3 Å². The molecular formula is C14H26N2O3. The topological polar surface area (TPSA) is 69.6 Å². The molecule has 0 spiro atoms. The van der Waals surface area contributed by atoms with Crippen LogP contribution in [0.25, 0.3) is 0 Å². The Morgan fingerprint density at radius 2 is 1.53 bits per heavy atom. The summed E-state index contributed by atoms with van der Waals surface area (Å²) in [6, 6.07) is 0.823. The van der Waals surface area contributed by atoms with Crippen LogP contribution in [0.5, 0.6) is 0 Å². The molecule has 0 aliphatic heterocycles. The fourth-order valence-corrected chi connectivity index (χ4v) is 1.87. The van der Waals surface area contributed by atoms with Crippen molar-refractivity contribution in [1.29, 1.82) is 0 Å². The van der Waals surface area contributed by atoms with Gasteiger partial charge in [0.2, 0.25) is 5.91 Å². The maximum atomic E-state index is 11.8. The Hall–Kier alpha value is -1.36. The Kier molecular flexibility index (Phi) is 7.37. The number of hydrogen-bond donors (Lipinski definition) is 2. The van der Waals surface area contributed by atoms with Crippen molar-refractivity contribution < 1.29 is 14.7 Å². The van der Waals surface area contributed by atoms with Crippen molar-refractivity contribution in [3.05, 3.63) is 11.1 Å². The van der Waals surface area contributed by atoms with Crippen LogP contribution in [0, 0.1) is 0 Å². The molecule has 0 radical (unpaired) electrons. The van der Waals surface area contributed by atoms with Gasteiger partial charge in [-0.25, -0.2) is 4.79 Å². The van der Waals surface area contributed by atoms with E-state index in [1.807, 2.05) is 0 Å². The maximum Gasteiger partial charge on any atom is 0.331 e. The van der Waals surface area contributed by atoms with E-state index in [0.717, 1.165) is 6.54 Å². The van der Waals surface area contributed by atoms with Gasteiger partial charge in [0.1, 0.15) is 0 Å². The van der Waals surface area contributed by atoms with Gasteiger partial charge in [0.25, 0.3) is 0 Å². The molecule has 5 nitrogen and oxygen atoms in total. The third-order valence-corrected chi connectivity index (χ3v) is 3.21. The molecule has 0 bridgehead atoms. The summed E-state index contributed by atoms with van der Waals surface area (Å²) in [5.74, 6) is -1.37. The summed E-state index contributed by atoms with van der Waals surface area (Å²) in [6.07, 6.45) is 0. The quantitative estimate of drug-likeness (QED) is 0.690. The summed E-state index contributed by atoms with van der Waals surface area (Å²) >= 11 is 0. The maximum absolute atomic E-state index is 11.8. The lowest BCUT2D eigenvalue weighted by molar-refractivity contribution is -0.133. The molecule has 0 atom stereocenters. The number of carbonyl (C=O) groups is 2. The first-order valence-corrected chi connectivity index (χ1v) is 6.63. The number of rotatable bonds is 7. The zero-order chi connectivity index (χ0) is 15.2. The van der Waals surface area contributed by atoms with Crippen LogP contribution in [0.4, 0.5) is 0 Å². The molecule has 2 N–H and O–H groups in total. The average Bonchev–Trinajstić information content (AvgIpc) is 2.31. The van der Waals surface area contributed by atoms with Gasteiger partial charge in [-0.05, 0) is 41.5 Å². The molecule has 0 aliphatic rings. The number of hydrogen-bond acceptors (Lipinski definition) is 3. The van der Waals surface area contributed by atoms with E-state index in [9.17, 15) is 9.59 Å². The predicted octanol–water partition coefficient (Wildman–Crippen LogP) is 1.64. The molecule has 0 aromatic rings. The number of amides is 1. The third kappa shape index (κ3) is 5.87. The van der Waals surface area contributed by atoms with Gasteiger partial charge in [-0.15, -0.1) is 0 Å². The molecule has 0 heterocycles. The van der Waals surface area contributed by atoms with E-state index >= 15 is 0 Å². The Balaban J connectivity index is 4.39. The second kappa shape index (κ2) is 7.94. The van der Waals surface area contributed by atoms with Crippen LogP contribution in [0.3, 0.4) is 0 Å². The summed E-state index contributed by atoms with van der Waals surface area (Å²) in [5, 5.41) is 11.6. The fourth-order valence-electron chi connectivity index (χ4n) is 1.87. The molecule has 1 amide bonds. The fraction of sp³-hybridized carbons (Fsp3) is 0.714. The molecule has 110 valence electrons. The number of nitrogens with one attached hydrogen (secondary N) is 1. The highest BCUT2D eigenvalue weighted by Crippen LogP contribution is 2.05. The highest BCUT2D eigenvalue weighted by atomic mass is 16.4. The van der Waals surface area contributed by atoms with Gasteiger partial charge in [-0.2, -0.15) is 0 Å². The van der Waals surface area contributed by atoms with Crippen molar-refractivity contribution in [3.63, 3.8) is 0 Å². The number of carboxylic acids is 1. The van der Waals surface area contributed by atoms with Crippen LogP contribution in [0.15, 0.2) is 11.1 Å². The van der Waals surface area contributed by atoms with Crippen molar-refractivity contribution in [1.82, 2.24) is 10.2 Å². The minimum Gasteiger partial charge on any atom is -0.478 e. The number of aliphatic carboxylic acids is 1. The molecule has 0 fully saturated rings. The second-order valence-electron chi connectivity index (χ2n) is 5.24. The van der Waals surface area contributed by atoms with E-state index in [-0.39, 0.29) is 17.1 Å². The highest BCUT2D eigenvalue weighted by molar-refractivity contribution is 6.01. The Morgan fingerprint density at radius 3 is 1.89 bits per heavy atom. The molecule has 0 saturated heterocycles. The average molecular weight is 270 g/mol. The Morgan fingerprint density at radius 1 is 1.05 bits per heavy atom. The first kappa shape index (κ1) is 17.6. The zero-order valence-corrected chi connectivity index (χ0v) is 12.8. The van der Waals surface area contributed by atoms with E-state index in [1.54, 1.807) is 0 Å². The molecule has 19 heavy (non-hydrogen) atoms. The molecule has 0 aliphatic carbocycles. The summed E-state index contributed by atoms with van der Waals surface area (Å²) in [4.78, 5) is 24.8. The Labute approximate surface area is 115 Å². The smallest absolute Gasteiger partial charge is 0.331 e. The van der Waals surface area contributed by atoms with Gasteiger partial charge >= 0.3 is 5.97 Å². The predicted molar refractivity (Wildman–Crippen MR) is 76.0 cm³/mol. The molecule has 0 rings (SSSR count). The van der Waals surface area contributed by atoms with E-state index in [1.165, 1.54) is 13.8 Å². The van der Waals surface area contributed by atoms with Crippen LogP contribution in [-0.2, 0) is 9.59 Å².